The lowest BCUT2D eigenvalue weighted by Gasteiger charge is -2.10. The van der Waals surface area contributed by atoms with Crippen molar-refractivity contribution in [3.05, 3.63) is 30.5 Å². The maximum Gasteiger partial charge on any atom is 0.0480 e. The van der Waals surface area contributed by atoms with Crippen LogP contribution >= 0.6 is 0 Å². The van der Waals surface area contributed by atoms with Gasteiger partial charge in [0.1, 0.15) is 0 Å². The van der Waals surface area contributed by atoms with Gasteiger partial charge in [0.15, 0.2) is 0 Å². The van der Waals surface area contributed by atoms with Gasteiger partial charge < -0.3 is 0 Å². The molecule has 0 aromatic carbocycles. The third kappa shape index (κ3) is 7.48. The van der Waals surface area contributed by atoms with Crippen molar-refractivity contribution in [1.29, 1.82) is 0 Å². The Labute approximate surface area is 65.0 Å². The van der Waals surface area contributed by atoms with Crippen LogP contribution < -0.4 is 0 Å². The fraction of sp³-hybridized carbons (Fsp3) is 0.444. The van der Waals surface area contributed by atoms with Gasteiger partial charge in [-0.3, -0.25) is 0 Å². The summed E-state index contributed by atoms with van der Waals surface area (Å²) in [5, 5.41) is 0. The van der Waals surface area contributed by atoms with E-state index in [1.54, 1.807) is 0 Å². The molecule has 0 saturated carbocycles. The molecule has 0 aliphatic heterocycles. The number of allylic oxidation sites excluding steroid dienone is 3. The summed E-state index contributed by atoms with van der Waals surface area (Å²) in [5.74, 6) is 0. The third-order valence-corrected chi connectivity index (χ3v) is 2.54. The van der Waals surface area contributed by atoms with E-state index in [0.717, 1.165) is 0 Å². The SMILES string of the molecule is C=C=C/C=C/C[Si](C)(C)C. The van der Waals surface area contributed by atoms with Gasteiger partial charge >= 0.3 is 0 Å². The van der Waals surface area contributed by atoms with Crippen LogP contribution in [-0.4, -0.2) is 8.07 Å². The van der Waals surface area contributed by atoms with Crippen LogP contribution in [0.2, 0.25) is 25.7 Å². The van der Waals surface area contributed by atoms with Crippen molar-refractivity contribution in [2.24, 2.45) is 0 Å². The predicted octanol–water partition coefficient (Wildman–Crippen LogP) is 3.22. The smallest absolute Gasteiger partial charge is 0.0480 e. The van der Waals surface area contributed by atoms with Crippen LogP contribution in [0.3, 0.4) is 0 Å². The molecule has 0 nitrogen and oxygen atoms in total. The van der Waals surface area contributed by atoms with Gasteiger partial charge in [0.05, 0.1) is 0 Å². The molecule has 0 saturated heterocycles. The average molecular weight is 152 g/mol. The minimum atomic E-state index is -0.862. The molecule has 0 fully saturated rings. The van der Waals surface area contributed by atoms with Crippen LogP contribution in [0, 0.1) is 0 Å². The molecule has 0 aromatic rings. The molecular formula is C9H16Si. The highest BCUT2D eigenvalue weighted by Crippen LogP contribution is 2.07. The van der Waals surface area contributed by atoms with Crippen LogP contribution in [-0.2, 0) is 0 Å². The largest absolute Gasteiger partial charge is 0.129 e. The van der Waals surface area contributed by atoms with E-state index in [9.17, 15) is 0 Å². The van der Waals surface area contributed by atoms with E-state index in [2.05, 4.69) is 38.0 Å². The average Bonchev–Trinajstić information content (AvgIpc) is 1.78. The van der Waals surface area contributed by atoms with Crippen molar-refractivity contribution < 1.29 is 0 Å². The summed E-state index contributed by atoms with van der Waals surface area (Å²) >= 11 is 0. The van der Waals surface area contributed by atoms with Gasteiger partial charge in [-0.1, -0.05) is 38.4 Å². The molecule has 0 spiro atoms. The lowest BCUT2D eigenvalue weighted by atomic mass is 10.5. The van der Waals surface area contributed by atoms with Gasteiger partial charge in [-0.25, -0.2) is 0 Å². The lowest BCUT2D eigenvalue weighted by molar-refractivity contribution is 1.51. The monoisotopic (exact) mass is 152 g/mol. The Balaban J connectivity index is 3.64. The number of rotatable bonds is 3. The molecule has 1 heteroatoms. The van der Waals surface area contributed by atoms with Crippen LogP contribution in [0.4, 0.5) is 0 Å². The highest BCUT2D eigenvalue weighted by Gasteiger charge is 2.08. The Kier molecular flexibility index (Phi) is 4.09. The van der Waals surface area contributed by atoms with Crippen LogP contribution in [0.15, 0.2) is 30.5 Å². The quantitative estimate of drug-likeness (QED) is 0.331. The maximum atomic E-state index is 3.47. The molecule has 0 atom stereocenters. The maximum absolute atomic E-state index is 3.47. The van der Waals surface area contributed by atoms with E-state index in [1.165, 1.54) is 6.04 Å². The standard InChI is InChI=1S/C9H16Si/c1-5-6-7-8-9-10(2,3)4/h6-8H,1,9H2,2-4H3/b8-7+. The van der Waals surface area contributed by atoms with E-state index in [0.29, 0.717) is 0 Å². The van der Waals surface area contributed by atoms with E-state index < -0.39 is 8.07 Å². The van der Waals surface area contributed by atoms with Crippen molar-refractivity contribution in [2.75, 3.05) is 0 Å². The predicted molar refractivity (Wildman–Crippen MR) is 51.0 cm³/mol. The van der Waals surface area contributed by atoms with Gasteiger partial charge in [0, 0.05) is 8.07 Å². The molecule has 0 N–H and O–H groups in total. The van der Waals surface area contributed by atoms with Crippen LogP contribution in [0.5, 0.6) is 0 Å². The second-order valence-corrected chi connectivity index (χ2v) is 9.09. The Morgan fingerprint density at radius 3 is 2.40 bits per heavy atom. The summed E-state index contributed by atoms with van der Waals surface area (Å²) in [6.45, 7) is 10.5. The van der Waals surface area contributed by atoms with Gasteiger partial charge in [0.2, 0.25) is 0 Å². The van der Waals surface area contributed by atoms with E-state index in [1.807, 2.05) is 12.2 Å². The Bertz CT molecular complexity index is 154. The number of hydrogen-bond donors (Lipinski definition) is 0. The molecule has 0 aromatic heterocycles. The molecule has 56 valence electrons. The summed E-state index contributed by atoms with van der Waals surface area (Å²) in [7, 11) is -0.862. The van der Waals surface area contributed by atoms with E-state index in [4.69, 9.17) is 0 Å². The summed E-state index contributed by atoms with van der Waals surface area (Å²) in [4.78, 5) is 0. The second kappa shape index (κ2) is 4.32. The summed E-state index contributed by atoms with van der Waals surface area (Å²) in [6.07, 6.45) is 6.07. The zero-order valence-corrected chi connectivity index (χ0v) is 8.15. The van der Waals surface area contributed by atoms with Gasteiger partial charge in [-0.15, -0.1) is 5.73 Å². The first-order chi connectivity index (χ1) is 4.56. The van der Waals surface area contributed by atoms with E-state index in [-0.39, 0.29) is 0 Å². The fourth-order valence-corrected chi connectivity index (χ4v) is 1.40. The molecule has 0 radical (unpaired) electrons. The van der Waals surface area contributed by atoms with Crippen molar-refractivity contribution in [2.45, 2.75) is 25.7 Å². The second-order valence-electron chi connectivity index (χ2n) is 3.56. The zero-order chi connectivity index (χ0) is 8.04. The molecule has 0 unspecified atom stereocenters. The minimum Gasteiger partial charge on any atom is -0.129 e. The third-order valence-electron chi connectivity index (χ3n) is 1.08. The van der Waals surface area contributed by atoms with Gasteiger partial charge in [-0.2, -0.15) is 0 Å². The fourth-order valence-electron chi connectivity index (χ4n) is 0.558. The molecule has 0 heterocycles. The summed E-state index contributed by atoms with van der Waals surface area (Å²) in [6, 6.07) is 1.24. The molecule has 0 aliphatic carbocycles. The first-order valence-electron chi connectivity index (χ1n) is 3.57. The molecule has 0 aliphatic rings. The van der Waals surface area contributed by atoms with Crippen molar-refractivity contribution in [3.8, 4) is 0 Å². The topological polar surface area (TPSA) is 0 Å². The molecule has 0 rings (SSSR count). The molecule has 0 amide bonds. The lowest BCUT2D eigenvalue weighted by Crippen LogP contribution is -2.17. The van der Waals surface area contributed by atoms with Crippen molar-refractivity contribution >= 4 is 8.07 Å². The van der Waals surface area contributed by atoms with Crippen molar-refractivity contribution in [3.63, 3.8) is 0 Å². The minimum absolute atomic E-state index is 0.862. The first kappa shape index (κ1) is 9.48. The number of hydrogen-bond acceptors (Lipinski definition) is 0. The van der Waals surface area contributed by atoms with Crippen LogP contribution in [0.1, 0.15) is 0 Å². The zero-order valence-electron chi connectivity index (χ0n) is 7.15. The van der Waals surface area contributed by atoms with Crippen molar-refractivity contribution in [1.82, 2.24) is 0 Å². The summed E-state index contributed by atoms with van der Waals surface area (Å²) < 4.78 is 0. The molecule has 10 heavy (non-hydrogen) atoms. The Morgan fingerprint density at radius 1 is 1.40 bits per heavy atom. The summed E-state index contributed by atoms with van der Waals surface area (Å²) in [5.41, 5.74) is 2.71. The highest BCUT2D eigenvalue weighted by molar-refractivity contribution is 6.76. The normalized spacial score (nSPS) is 11.5. The Morgan fingerprint density at radius 2 is 2.00 bits per heavy atom. The molecular weight excluding hydrogens is 136 g/mol. The van der Waals surface area contributed by atoms with E-state index >= 15 is 0 Å². The molecule has 0 bridgehead atoms. The van der Waals surface area contributed by atoms with Gasteiger partial charge in [-0.05, 0) is 12.1 Å². The highest BCUT2D eigenvalue weighted by atomic mass is 28.3. The van der Waals surface area contributed by atoms with Crippen LogP contribution in [0.25, 0.3) is 0 Å². The Hall–Kier alpha value is -0.523. The van der Waals surface area contributed by atoms with Gasteiger partial charge in [0.25, 0.3) is 0 Å². The first-order valence-corrected chi connectivity index (χ1v) is 7.28.